The fourth-order valence-corrected chi connectivity index (χ4v) is 3.36. The average Bonchev–Trinajstić information content (AvgIpc) is 3.26. The molecule has 1 unspecified atom stereocenters. The van der Waals surface area contributed by atoms with E-state index in [1.807, 2.05) is 37.4 Å². The number of aromatic nitrogens is 2. The van der Waals surface area contributed by atoms with Gasteiger partial charge in [-0.05, 0) is 31.4 Å². The van der Waals surface area contributed by atoms with E-state index in [0.717, 1.165) is 10.7 Å². The molecule has 1 heterocycles. The number of thioether (sulfide) groups is 1. The molecule has 0 radical (unpaired) electrons. The van der Waals surface area contributed by atoms with Gasteiger partial charge in [-0.25, -0.2) is 4.98 Å². The van der Waals surface area contributed by atoms with Crippen LogP contribution in [0, 0.1) is 0 Å². The summed E-state index contributed by atoms with van der Waals surface area (Å²) >= 11 is 7.59. The predicted octanol–water partition coefficient (Wildman–Crippen LogP) is 3.67. The van der Waals surface area contributed by atoms with E-state index in [9.17, 15) is 4.79 Å². The Bertz CT molecular complexity index is 669. The summed E-state index contributed by atoms with van der Waals surface area (Å²) < 4.78 is 2.17. The maximum Gasteiger partial charge on any atom is 0.233 e. The molecule has 1 atom stereocenters. The average molecular weight is 336 g/mol. The molecule has 1 fully saturated rings. The SMILES string of the molecule is CC(Sc1nccn1C1CC1)C(=O)NCc1ccccc1Cl. The smallest absolute Gasteiger partial charge is 0.233 e. The molecule has 22 heavy (non-hydrogen) atoms. The van der Waals surface area contributed by atoms with Crippen molar-refractivity contribution in [2.75, 3.05) is 0 Å². The summed E-state index contributed by atoms with van der Waals surface area (Å²) in [6.07, 6.45) is 6.21. The van der Waals surface area contributed by atoms with Gasteiger partial charge in [0.2, 0.25) is 5.91 Å². The molecule has 1 aromatic heterocycles. The van der Waals surface area contributed by atoms with Crippen LogP contribution in [0.15, 0.2) is 41.8 Å². The van der Waals surface area contributed by atoms with Gasteiger partial charge in [0, 0.05) is 30.0 Å². The number of hydrogen-bond acceptors (Lipinski definition) is 3. The fourth-order valence-electron chi connectivity index (χ4n) is 2.20. The lowest BCUT2D eigenvalue weighted by atomic mass is 10.2. The number of rotatable bonds is 6. The second-order valence-electron chi connectivity index (χ2n) is 5.42. The van der Waals surface area contributed by atoms with Gasteiger partial charge >= 0.3 is 0 Å². The molecule has 1 aliphatic carbocycles. The first-order valence-electron chi connectivity index (χ1n) is 7.36. The van der Waals surface area contributed by atoms with Crippen LogP contribution in [0.2, 0.25) is 5.02 Å². The van der Waals surface area contributed by atoms with Crippen LogP contribution in [0.4, 0.5) is 0 Å². The number of carbonyl (C=O) groups excluding carboxylic acids is 1. The van der Waals surface area contributed by atoms with Crippen LogP contribution in [-0.2, 0) is 11.3 Å². The van der Waals surface area contributed by atoms with Crippen LogP contribution in [0.5, 0.6) is 0 Å². The number of halogens is 1. The molecule has 1 N–H and O–H groups in total. The molecule has 4 nitrogen and oxygen atoms in total. The minimum atomic E-state index is -0.192. The van der Waals surface area contributed by atoms with Gasteiger partial charge in [-0.2, -0.15) is 0 Å². The van der Waals surface area contributed by atoms with Crippen molar-refractivity contribution in [2.24, 2.45) is 0 Å². The maximum atomic E-state index is 12.2. The number of hydrogen-bond donors (Lipinski definition) is 1. The first-order valence-corrected chi connectivity index (χ1v) is 8.61. The van der Waals surface area contributed by atoms with E-state index in [1.54, 1.807) is 6.20 Å². The number of nitrogens with zero attached hydrogens (tertiary/aromatic N) is 2. The van der Waals surface area contributed by atoms with Crippen LogP contribution in [0.1, 0.15) is 31.4 Å². The van der Waals surface area contributed by atoms with Crippen molar-refractivity contribution < 1.29 is 4.79 Å². The van der Waals surface area contributed by atoms with Crippen LogP contribution in [0.25, 0.3) is 0 Å². The third-order valence-corrected chi connectivity index (χ3v) is 5.10. The summed E-state index contributed by atoms with van der Waals surface area (Å²) in [6, 6.07) is 8.11. The van der Waals surface area contributed by atoms with Gasteiger partial charge in [0.05, 0.1) is 5.25 Å². The predicted molar refractivity (Wildman–Crippen MR) is 89.1 cm³/mol. The summed E-state index contributed by atoms with van der Waals surface area (Å²) in [6.45, 7) is 2.35. The lowest BCUT2D eigenvalue weighted by Crippen LogP contribution is -2.30. The molecular formula is C16H18ClN3OS. The van der Waals surface area contributed by atoms with Crippen molar-refractivity contribution in [1.29, 1.82) is 0 Å². The van der Waals surface area contributed by atoms with Crippen molar-refractivity contribution in [2.45, 2.75) is 42.8 Å². The van der Waals surface area contributed by atoms with E-state index in [-0.39, 0.29) is 11.2 Å². The molecule has 3 rings (SSSR count). The van der Waals surface area contributed by atoms with Gasteiger partial charge < -0.3 is 9.88 Å². The van der Waals surface area contributed by atoms with Crippen LogP contribution >= 0.6 is 23.4 Å². The third-order valence-electron chi connectivity index (χ3n) is 3.64. The summed E-state index contributed by atoms with van der Waals surface area (Å²) in [5.41, 5.74) is 0.925. The maximum absolute atomic E-state index is 12.2. The number of amides is 1. The van der Waals surface area contributed by atoms with Gasteiger partial charge in [0.25, 0.3) is 0 Å². The highest BCUT2D eigenvalue weighted by Gasteiger charge is 2.27. The minimum absolute atomic E-state index is 0.00438. The highest BCUT2D eigenvalue weighted by Crippen LogP contribution is 2.38. The fraction of sp³-hybridized carbons (Fsp3) is 0.375. The molecular weight excluding hydrogens is 318 g/mol. The minimum Gasteiger partial charge on any atom is -0.351 e. The standard InChI is InChI=1S/C16H18ClN3OS/c1-11(22-16-18-8-9-20(16)13-6-7-13)15(21)19-10-12-4-2-3-5-14(12)17/h2-5,8-9,11,13H,6-7,10H2,1H3,(H,19,21). The normalized spacial score (nSPS) is 15.5. The van der Waals surface area contributed by atoms with Crippen molar-refractivity contribution in [3.8, 4) is 0 Å². The Labute approximate surface area is 139 Å². The van der Waals surface area contributed by atoms with Crippen LogP contribution in [0.3, 0.4) is 0 Å². The zero-order valence-corrected chi connectivity index (χ0v) is 13.9. The molecule has 1 saturated carbocycles. The molecule has 116 valence electrons. The summed E-state index contributed by atoms with van der Waals surface area (Å²) in [4.78, 5) is 16.6. The second-order valence-corrected chi connectivity index (χ2v) is 7.13. The van der Waals surface area contributed by atoms with Gasteiger partial charge in [0.1, 0.15) is 0 Å². The first kappa shape index (κ1) is 15.4. The van der Waals surface area contributed by atoms with Crippen molar-refractivity contribution >= 4 is 29.3 Å². The monoisotopic (exact) mass is 335 g/mol. The highest BCUT2D eigenvalue weighted by atomic mass is 35.5. The van der Waals surface area contributed by atoms with E-state index in [2.05, 4.69) is 14.9 Å². The lowest BCUT2D eigenvalue weighted by molar-refractivity contribution is -0.120. The largest absolute Gasteiger partial charge is 0.351 e. The Hall–Kier alpha value is -1.46. The van der Waals surface area contributed by atoms with E-state index < -0.39 is 0 Å². The summed E-state index contributed by atoms with van der Waals surface area (Å²) in [5.74, 6) is -0.00438. The summed E-state index contributed by atoms with van der Waals surface area (Å²) in [7, 11) is 0. The second kappa shape index (κ2) is 6.75. The topological polar surface area (TPSA) is 46.9 Å². The number of nitrogens with one attached hydrogen (secondary N) is 1. The molecule has 1 aliphatic rings. The molecule has 0 aliphatic heterocycles. The number of benzene rings is 1. The molecule has 2 aromatic rings. The van der Waals surface area contributed by atoms with Gasteiger partial charge in [-0.1, -0.05) is 41.6 Å². The Balaban J connectivity index is 1.55. The molecule has 6 heteroatoms. The van der Waals surface area contributed by atoms with Gasteiger partial charge in [-0.3, -0.25) is 4.79 Å². The van der Waals surface area contributed by atoms with E-state index in [1.165, 1.54) is 24.6 Å². The molecule has 1 aromatic carbocycles. The Morgan fingerprint density at radius 3 is 3.00 bits per heavy atom. The van der Waals surface area contributed by atoms with Crippen molar-refractivity contribution in [3.63, 3.8) is 0 Å². The highest BCUT2D eigenvalue weighted by molar-refractivity contribution is 8.00. The molecule has 1 amide bonds. The molecule has 0 bridgehead atoms. The quantitative estimate of drug-likeness (QED) is 0.819. The zero-order chi connectivity index (χ0) is 15.5. The molecule has 0 saturated heterocycles. The molecule has 0 spiro atoms. The Morgan fingerprint density at radius 1 is 1.50 bits per heavy atom. The van der Waals surface area contributed by atoms with Crippen LogP contribution < -0.4 is 5.32 Å². The van der Waals surface area contributed by atoms with E-state index in [4.69, 9.17) is 11.6 Å². The van der Waals surface area contributed by atoms with Crippen LogP contribution in [-0.4, -0.2) is 20.7 Å². The third kappa shape index (κ3) is 3.65. The first-order chi connectivity index (χ1) is 10.6. The van der Waals surface area contributed by atoms with Crippen molar-refractivity contribution in [1.82, 2.24) is 14.9 Å². The zero-order valence-electron chi connectivity index (χ0n) is 12.3. The van der Waals surface area contributed by atoms with Crippen molar-refractivity contribution in [3.05, 3.63) is 47.2 Å². The number of imidazole rings is 1. The Morgan fingerprint density at radius 2 is 2.27 bits per heavy atom. The van der Waals surface area contributed by atoms with Gasteiger partial charge in [0.15, 0.2) is 5.16 Å². The van der Waals surface area contributed by atoms with Gasteiger partial charge in [-0.15, -0.1) is 0 Å². The lowest BCUT2D eigenvalue weighted by Gasteiger charge is -2.13. The van der Waals surface area contributed by atoms with E-state index >= 15 is 0 Å². The summed E-state index contributed by atoms with van der Waals surface area (Å²) in [5, 5.41) is 4.34. The number of carbonyl (C=O) groups is 1. The Kier molecular flexibility index (Phi) is 4.74. The van der Waals surface area contributed by atoms with E-state index in [0.29, 0.717) is 17.6 Å².